The van der Waals surface area contributed by atoms with Crippen molar-refractivity contribution in [1.82, 2.24) is 39.0 Å². The van der Waals surface area contributed by atoms with Gasteiger partial charge in [-0.2, -0.15) is 0 Å². The number of hydrogen-bond donors (Lipinski definition) is 0. The number of hydrogen-bond acceptors (Lipinski definition) is 6. The van der Waals surface area contributed by atoms with Gasteiger partial charge in [0.05, 0.1) is 22.1 Å². The second-order valence-electron chi connectivity index (χ2n) is 26.3. The van der Waals surface area contributed by atoms with E-state index in [-0.39, 0.29) is 11.6 Å². The summed E-state index contributed by atoms with van der Waals surface area (Å²) in [6, 6.07) is 108. The molecule has 0 aliphatic heterocycles. The molecule has 4 aromatic heterocycles. The van der Waals surface area contributed by atoms with Crippen LogP contribution in [0.3, 0.4) is 0 Å². The molecule has 0 saturated heterocycles. The molecule has 18 rings (SSSR count). The van der Waals surface area contributed by atoms with Gasteiger partial charge in [-0.1, -0.05) is 242 Å². The van der Waals surface area contributed by atoms with E-state index in [4.69, 9.17) is 29.9 Å². The van der Waals surface area contributed by atoms with Crippen molar-refractivity contribution in [2.45, 2.75) is 20.8 Å². The molecule has 0 amide bonds. The number of aromatic nitrogens is 8. The van der Waals surface area contributed by atoms with Gasteiger partial charge in [0, 0.05) is 77.4 Å². The third kappa shape index (κ3) is 11.3. The molecule has 0 aliphatic carbocycles. The van der Waals surface area contributed by atoms with Gasteiger partial charge in [-0.15, -0.1) is 0 Å². The second-order valence-corrected chi connectivity index (χ2v) is 26.3. The van der Waals surface area contributed by atoms with Crippen molar-refractivity contribution in [2.24, 2.45) is 0 Å². The highest BCUT2D eigenvalue weighted by Crippen LogP contribution is 2.45. The Balaban J connectivity index is 0.752. The average Bonchev–Trinajstić information content (AvgIpc) is 1.62. The van der Waals surface area contributed by atoms with Gasteiger partial charge in [-0.05, 0) is 161 Å². The smallest absolute Gasteiger partial charge is 0.164 e. The van der Waals surface area contributed by atoms with E-state index >= 15 is 8.78 Å². The van der Waals surface area contributed by atoms with Crippen molar-refractivity contribution in [1.29, 1.82) is 0 Å². The van der Waals surface area contributed by atoms with E-state index in [1.165, 1.54) is 12.1 Å². The van der Waals surface area contributed by atoms with E-state index in [1.54, 1.807) is 12.1 Å². The van der Waals surface area contributed by atoms with Crippen LogP contribution < -0.4 is 0 Å². The average molecular weight is 1330 g/mol. The minimum atomic E-state index is -0.355. The molecule has 0 fully saturated rings. The highest BCUT2D eigenvalue weighted by molar-refractivity contribution is 6.12. The maximum Gasteiger partial charge on any atom is 0.164 e. The molecule has 0 N–H and O–H groups in total. The minimum absolute atomic E-state index is 0.353. The summed E-state index contributed by atoms with van der Waals surface area (Å²) in [5.41, 5.74) is 22.6. The van der Waals surface area contributed by atoms with Crippen molar-refractivity contribution in [3.05, 3.63) is 350 Å². The second kappa shape index (κ2) is 25.7. The lowest BCUT2D eigenvalue weighted by atomic mass is 9.87. The Bertz CT molecular complexity index is 6250. The molecule has 18 aromatic rings. The fourth-order valence-corrected chi connectivity index (χ4v) is 14.9. The summed E-state index contributed by atoms with van der Waals surface area (Å²) >= 11 is 0. The molecule has 10 heteroatoms. The molecule has 488 valence electrons. The molecule has 14 aromatic carbocycles. The Morgan fingerprint density at radius 2 is 0.621 bits per heavy atom. The van der Waals surface area contributed by atoms with Crippen LogP contribution in [0.15, 0.2) is 322 Å². The van der Waals surface area contributed by atoms with E-state index < -0.39 is 0 Å². The number of halogens is 2. The fraction of sp³-hybridized carbons (Fsp3) is 0.0323. The molecule has 0 atom stereocenters. The van der Waals surface area contributed by atoms with Crippen LogP contribution in [0.2, 0.25) is 0 Å². The van der Waals surface area contributed by atoms with Crippen LogP contribution in [0.25, 0.3) is 179 Å². The highest BCUT2D eigenvalue weighted by Gasteiger charge is 2.25. The van der Waals surface area contributed by atoms with Crippen molar-refractivity contribution >= 4 is 43.6 Å². The van der Waals surface area contributed by atoms with Crippen LogP contribution in [-0.4, -0.2) is 39.0 Å². The van der Waals surface area contributed by atoms with E-state index in [9.17, 15) is 0 Å². The van der Waals surface area contributed by atoms with Crippen molar-refractivity contribution in [3.63, 3.8) is 0 Å². The van der Waals surface area contributed by atoms with Gasteiger partial charge in [-0.25, -0.2) is 38.7 Å². The molecule has 0 radical (unpaired) electrons. The first-order valence-electron chi connectivity index (χ1n) is 34.4. The molecular formula is C93H62F2N8. The van der Waals surface area contributed by atoms with Crippen molar-refractivity contribution < 1.29 is 8.78 Å². The zero-order valence-corrected chi connectivity index (χ0v) is 56.4. The summed E-state index contributed by atoms with van der Waals surface area (Å²) in [5, 5.41) is 4.35. The third-order valence-electron chi connectivity index (χ3n) is 19.6. The van der Waals surface area contributed by atoms with Gasteiger partial charge in [0.2, 0.25) is 0 Å². The number of rotatable bonds is 13. The van der Waals surface area contributed by atoms with Gasteiger partial charge in [-0.3, -0.25) is 0 Å². The van der Waals surface area contributed by atoms with E-state index in [0.29, 0.717) is 68.3 Å². The molecule has 0 spiro atoms. The lowest BCUT2D eigenvalue weighted by molar-refractivity contribution is 0.631. The van der Waals surface area contributed by atoms with Crippen LogP contribution in [0.4, 0.5) is 8.78 Å². The zero-order valence-electron chi connectivity index (χ0n) is 56.4. The molecule has 103 heavy (non-hydrogen) atoms. The number of para-hydroxylation sites is 2. The van der Waals surface area contributed by atoms with Crippen molar-refractivity contribution in [2.75, 3.05) is 0 Å². The molecule has 0 bridgehead atoms. The van der Waals surface area contributed by atoms with Gasteiger partial charge in [0.25, 0.3) is 0 Å². The van der Waals surface area contributed by atoms with E-state index in [2.05, 4.69) is 169 Å². The van der Waals surface area contributed by atoms with Gasteiger partial charge in [0.1, 0.15) is 11.6 Å². The number of aryl methyl sites for hydroxylation is 3. The lowest BCUT2D eigenvalue weighted by Gasteiger charge is -2.18. The van der Waals surface area contributed by atoms with Crippen LogP contribution in [0, 0.1) is 32.4 Å². The Kier molecular flexibility index (Phi) is 15.4. The largest absolute Gasteiger partial charge is 0.309 e. The molecule has 0 aliphatic rings. The molecular weight excluding hydrogens is 1270 g/mol. The van der Waals surface area contributed by atoms with Gasteiger partial charge in [0.15, 0.2) is 34.9 Å². The topological polar surface area (TPSA) is 87.2 Å². The SMILES string of the molecule is Cc1cc(-c2ccc3c4ccccc4n(-c4ccc(-c5nc(-c6ccccc6)nc(-c6ccccc6)n5)c(-c5ccccc5F)c4)c3c2)cc(-c2c(C)cc(C)cc2-c2ccc3c(c2)c2ccccc2n3-c2ccc(-c3nc(-c4ccccc4)nc(-c4ccccc4)n3)c(-c3ccccc3F)c2)c1. The maximum absolute atomic E-state index is 16.5. The van der Waals surface area contributed by atoms with Crippen LogP contribution in [-0.2, 0) is 0 Å². The number of benzene rings is 14. The minimum Gasteiger partial charge on any atom is -0.309 e. The van der Waals surface area contributed by atoms with Crippen LogP contribution in [0.1, 0.15) is 16.7 Å². The Hall–Kier alpha value is -13.4. The standard InChI is InChI=1S/C93H62F2N8/c1-57-48-59(3)87(77(51-57)65-41-47-85-80(53-65)73-35-19-23-39-84(73)102(85)68-42-45-75(78(55-68)70-32-16-20-36-81(70)94)92-98-88(60-24-8-4-9-25-60)96-89(99-92)61-26-10-5-11-27-61)67-50-58(2)49-66(52-67)64-40-44-74-72-34-18-22-38-83(72)103(86(74)54-64)69-43-46-76(79(56-69)71-33-17-21-37-82(71)95)93-100-90(62-28-12-6-13-29-62)97-91(101-93)63-30-14-7-15-31-63/h4-56H,1-3H3. The van der Waals surface area contributed by atoms with E-state index in [1.807, 2.05) is 158 Å². The molecule has 4 heterocycles. The normalized spacial score (nSPS) is 11.5. The maximum atomic E-state index is 16.5. The zero-order chi connectivity index (χ0) is 69.2. The first-order valence-corrected chi connectivity index (χ1v) is 34.4. The van der Waals surface area contributed by atoms with Crippen LogP contribution >= 0.6 is 0 Å². The van der Waals surface area contributed by atoms with Gasteiger partial charge < -0.3 is 9.13 Å². The van der Waals surface area contributed by atoms with Crippen LogP contribution in [0.5, 0.6) is 0 Å². The molecule has 8 nitrogen and oxygen atoms in total. The summed E-state index contributed by atoms with van der Waals surface area (Å²) in [5.74, 6) is 2.24. The quantitative estimate of drug-likeness (QED) is 0.114. The Morgan fingerprint density at radius 1 is 0.223 bits per heavy atom. The molecule has 0 unspecified atom stereocenters. The molecule has 0 saturated carbocycles. The highest BCUT2D eigenvalue weighted by atomic mass is 19.1. The number of nitrogens with zero attached hydrogens (tertiary/aromatic N) is 8. The van der Waals surface area contributed by atoms with E-state index in [0.717, 1.165) is 127 Å². The van der Waals surface area contributed by atoms with Gasteiger partial charge >= 0.3 is 0 Å². The monoisotopic (exact) mass is 1330 g/mol. The first-order chi connectivity index (χ1) is 50.6. The summed E-state index contributed by atoms with van der Waals surface area (Å²) in [4.78, 5) is 30.4. The Labute approximate surface area is 593 Å². The van der Waals surface area contributed by atoms with Crippen molar-refractivity contribution in [3.8, 4) is 135 Å². The summed E-state index contributed by atoms with van der Waals surface area (Å²) in [6.07, 6.45) is 0. The first kappa shape index (κ1) is 61.9. The predicted molar refractivity (Wildman–Crippen MR) is 416 cm³/mol. The summed E-state index contributed by atoms with van der Waals surface area (Å²) in [7, 11) is 0. The Morgan fingerprint density at radius 3 is 1.13 bits per heavy atom. The summed E-state index contributed by atoms with van der Waals surface area (Å²) in [6.45, 7) is 6.56. The number of fused-ring (bicyclic) bond motifs is 6. The lowest BCUT2D eigenvalue weighted by Crippen LogP contribution is -2.02. The fourth-order valence-electron chi connectivity index (χ4n) is 14.9. The predicted octanol–water partition coefficient (Wildman–Crippen LogP) is 23.8. The third-order valence-corrected chi connectivity index (χ3v) is 19.6. The summed E-state index contributed by atoms with van der Waals surface area (Å²) < 4.78 is 37.6.